The minimum atomic E-state index is 0.599. The summed E-state index contributed by atoms with van der Waals surface area (Å²) in [5.74, 6) is 0. The maximum Gasteiger partial charge on any atom is 0.100 e. The molecule has 1 aromatic carbocycles. The van der Waals surface area contributed by atoms with Gasteiger partial charge in [-0.2, -0.15) is 5.26 Å². The molecule has 0 spiro atoms. The lowest BCUT2D eigenvalue weighted by atomic mass is 10.2. The van der Waals surface area contributed by atoms with Crippen LogP contribution in [0.3, 0.4) is 0 Å². The van der Waals surface area contributed by atoms with Crippen molar-refractivity contribution in [1.82, 2.24) is 0 Å². The van der Waals surface area contributed by atoms with Gasteiger partial charge in [0.2, 0.25) is 0 Å². The van der Waals surface area contributed by atoms with E-state index in [1.807, 2.05) is 23.6 Å². The summed E-state index contributed by atoms with van der Waals surface area (Å²) >= 11 is 9.07. The van der Waals surface area contributed by atoms with E-state index in [0.29, 0.717) is 10.6 Å². The van der Waals surface area contributed by atoms with E-state index in [1.165, 1.54) is 4.21 Å². The topological polar surface area (TPSA) is 23.8 Å². The van der Waals surface area contributed by atoms with E-state index < -0.39 is 0 Å². The minimum absolute atomic E-state index is 0.599. The van der Waals surface area contributed by atoms with Crippen molar-refractivity contribution in [2.75, 3.05) is 0 Å². The lowest BCUT2D eigenvalue weighted by molar-refractivity contribution is 1.37. The van der Waals surface area contributed by atoms with Crippen LogP contribution < -0.4 is 0 Å². The third-order valence-electron chi connectivity index (χ3n) is 1.77. The summed E-state index contributed by atoms with van der Waals surface area (Å²) < 4.78 is 1.17. The predicted octanol–water partition coefficient (Wildman–Crippen LogP) is 4.42. The first-order valence-corrected chi connectivity index (χ1v) is 6.28. The Morgan fingerprint density at radius 2 is 2.20 bits per heavy atom. The summed E-state index contributed by atoms with van der Waals surface area (Å²) in [7, 11) is 0. The molecule has 0 amide bonds. The third-order valence-corrected chi connectivity index (χ3v) is 4.12. The molecule has 0 bridgehead atoms. The highest BCUT2D eigenvalue weighted by Gasteiger charge is 2.05. The van der Waals surface area contributed by atoms with E-state index >= 15 is 0 Å². The summed E-state index contributed by atoms with van der Waals surface area (Å²) in [6.45, 7) is 0. The number of thiophene rings is 1. The van der Waals surface area contributed by atoms with Gasteiger partial charge >= 0.3 is 0 Å². The Kier molecular flexibility index (Phi) is 3.32. The maximum atomic E-state index is 8.95. The van der Waals surface area contributed by atoms with Crippen LogP contribution in [-0.2, 0) is 0 Å². The van der Waals surface area contributed by atoms with Crippen LogP contribution in [0.4, 0.5) is 0 Å². The van der Waals surface area contributed by atoms with Crippen LogP contribution in [0, 0.1) is 11.3 Å². The van der Waals surface area contributed by atoms with Crippen molar-refractivity contribution in [3.05, 3.63) is 46.3 Å². The first kappa shape index (κ1) is 10.6. The molecule has 0 N–H and O–H groups in total. The van der Waals surface area contributed by atoms with Crippen LogP contribution in [0.25, 0.3) is 0 Å². The molecule has 2 rings (SSSR count). The number of rotatable bonds is 2. The molecule has 2 aromatic rings. The molecule has 0 radical (unpaired) electrons. The Balaban J connectivity index is 2.33. The SMILES string of the molecule is N#Cc1cc(Cl)ccc1Sc1cccs1. The molecule has 0 aliphatic heterocycles. The van der Waals surface area contributed by atoms with Gasteiger partial charge in [-0.15, -0.1) is 11.3 Å². The third kappa shape index (κ3) is 2.54. The zero-order valence-electron chi connectivity index (χ0n) is 7.61. The fourth-order valence-electron chi connectivity index (χ4n) is 1.11. The molecule has 0 fully saturated rings. The molecule has 74 valence electrons. The van der Waals surface area contributed by atoms with Gasteiger partial charge in [0.1, 0.15) is 6.07 Å². The van der Waals surface area contributed by atoms with Crippen LogP contribution in [0.1, 0.15) is 5.56 Å². The first-order chi connectivity index (χ1) is 7.29. The van der Waals surface area contributed by atoms with E-state index in [2.05, 4.69) is 6.07 Å². The highest BCUT2D eigenvalue weighted by Crippen LogP contribution is 2.34. The zero-order chi connectivity index (χ0) is 10.7. The Labute approximate surface area is 101 Å². The summed E-state index contributed by atoms with van der Waals surface area (Å²) in [6, 6.07) is 11.6. The van der Waals surface area contributed by atoms with Crippen molar-refractivity contribution >= 4 is 34.7 Å². The molecule has 0 unspecified atom stereocenters. The second-order valence-electron chi connectivity index (χ2n) is 2.79. The molecule has 0 saturated heterocycles. The molecule has 4 heteroatoms. The van der Waals surface area contributed by atoms with Crippen molar-refractivity contribution in [1.29, 1.82) is 5.26 Å². The zero-order valence-corrected chi connectivity index (χ0v) is 9.99. The van der Waals surface area contributed by atoms with Crippen molar-refractivity contribution in [2.24, 2.45) is 0 Å². The van der Waals surface area contributed by atoms with Crippen molar-refractivity contribution in [3.63, 3.8) is 0 Å². The van der Waals surface area contributed by atoms with Crippen LogP contribution >= 0.6 is 34.7 Å². The Bertz CT molecular complexity index is 500. The maximum absolute atomic E-state index is 8.95. The van der Waals surface area contributed by atoms with Gasteiger partial charge in [0.05, 0.1) is 9.77 Å². The molecule has 0 aliphatic carbocycles. The molecule has 15 heavy (non-hydrogen) atoms. The Morgan fingerprint density at radius 1 is 1.33 bits per heavy atom. The molecule has 0 saturated carbocycles. The summed E-state index contributed by atoms with van der Waals surface area (Å²) in [6.07, 6.45) is 0. The van der Waals surface area contributed by atoms with E-state index in [0.717, 1.165) is 4.90 Å². The van der Waals surface area contributed by atoms with Gasteiger partial charge in [0.25, 0.3) is 0 Å². The molecule has 1 nitrogen and oxygen atoms in total. The van der Waals surface area contributed by atoms with Crippen LogP contribution in [0.15, 0.2) is 44.8 Å². The average molecular weight is 252 g/mol. The van der Waals surface area contributed by atoms with Crippen LogP contribution in [0.5, 0.6) is 0 Å². The monoisotopic (exact) mass is 251 g/mol. The highest BCUT2D eigenvalue weighted by atomic mass is 35.5. The van der Waals surface area contributed by atoms with Gasteiger partial charge in [0, 0.05) is 9.92 Å². The van der Waals surface area contributed by atoms with E-state index in [1.54, 1.807) is 35.2 Å². The predicted molar refractivity (Wildman–Crippen MR) is 64.6 cm³/mol. The van der Waals surface area contributed by atoms with Crippen LogP contribution in [-0.4, -0.2) is 0 Å². The number of hydrogen-bond acceptors (Lipinski definition) is 3. The fourth-order valence-corrected chi connectivity index (χ4v) is 3.07. The normalized spacial score (nSPS) is 9.87. The van der Waals surface area contributed by atoms with E-state index in [9.17, 15) is 0 Å². The second-order valence-corrected chi connectivity index (χ2v) is 5.51. The largest absolute Gasteiger partial charge is 0.192 e. The van der Waals surface area contributed by atoms with Gasteiger partial charge < -0.3 is 0 Å². The van der Waals surface area contributed by atoms with Gasteiger partial charge in [-0.05, 0) is 29.6 Å². The fraction of sp³-hybridized carbons (Fsp3) is 0. The van der Waals surface area contributed by atoms with Crippen LogP contribution in [0.2, 0.25) is 5.02 Å². The number of nitrogens with zero attached hydrogens (tertiary/aromatic N) is 1. The number of benzene rings is 1. The number of hydrogen-bond donors (Lipinski definition) is 0. The average Bonchev–Trinajstić information content (AvgIpc) is 2.73. The van der Waals surface area contributed by atoms with Gasteiger partial charge in [0.15, 0.2) is 0 Å². The van der Waals surface area contributed by atoms with Crippen molar-refractivity contribution < 1.29 is 0 Å². The van der Waals surface area contributed by atoms with Gasteiger partial charge in [-0.25, -0.2) is 0 Å². The number of nitriles is 1. The molecule has 0 atom stereocenters. The minimum Gasteiger partial charge on any atom is -0.192 e. The smallest absolute Gasteiger partial charge is 0.100 e. The lowest BCUT2D eigenvalue weighted by Gasteiger charge is -2.01. The van der Waals surface area contributed by atoms with Crippen molar-refractivity contribution in [2.45, 2.75) is 9.10 Å². The summed E-state index contributed by atoms with van der Waals surface area (Å²) in [5.41, 5.74) is 0.626. The van der Waals surface area contributed by atoms with Crippen molar-refractivity contribution in [3.8, 4) is 6.07 Å². The first-order valence-electron chi connectivity index (χ1n) is 4.20. The summed E-state index contributed by atoms with van der Waals surface area (Å²) in [5, 5.41) is 11.6. The Hall–Kier alpha value is -0.950. The van der Waals surface area contributed by atoms with E-state index in [-0.39, 0.29) is 0 Å². The molecular weight excluding hydrogens is 246 g/mol. The number of halogens is 1. The highest BCUT2D eigenvalue weighted by molar-refractivity contribution is 8.01. The lowest BCUT2D eigenvalue weighted by Crippen LogP contribution is -1.79. The molecule has 1 heterocycles. The molecule has 0 aliphatic rings. The second kappa shape index (κ2) is 4.71. The molecular formula is C11H6ClNS2. The van der Waals surface area contributed by atoms with Gasteiger partial charge in [-0.3, -0.25) is 0 Å². The van der Waals surface area contributed by atoms with Gasteiger partial charge in [-0.1, -0.05) is 29.4 Å². The quantitative estimate of drug-likeness (QED) is 0.789. The standard InChI is InChI=1S/C11H6ClNS2/c12-9-3-4-10(8(6-9)7-13)15-11-2-1-5-14-11/h1-6H. The molecule has 1 aromatic heterocycles. The Morgan fingerprint density at radius 3 is 2.87 bits per heavy atom. The summed E-state index contributed by atoms with van der Waals surface area (Å²) in [4.78, 5) is 0.948. The van der Waals surface area contributed by atoms with E-state index in [4.69, 9.17) is 16.9 Å².